The number of benzene rings is 1. The van der Waals surface area contributed by atoms with E-state index in [1.54, 1.807) is 11.8 Å². The van der Waals surface area contributed by atoms with Crippen LogP contribution in [0.2, 0.25) is 0 Å². The lowest BCUT2D eigenvalue weighted by Gasteiger charge is -2.39. The van der Waals surface area contributed by atoms with Gasteiger partial charge in [-0.1, -0.05) is 12.1 Å². The van der Waals surface area contributed by atoms with Crippen molar-refractivity contribution in [1.29, 1.82) is 0 Å². The molecule has 13 heavy (non-hydrogen) atoms. The van der Waals surface area contributed by atoms with Gasteiger partial charge in [-0.15, -0.1) is 11.8 Å². The van der Waals surface area contributed by atoms with Crippen LogP contribution in [0.5, 0.6) is 0 Å². The van der Waals surface area contributed by atoms with Gasteiger partial charge in [-0.05, 0) is 24.0 Å². The summed E-state index contributed by atoms with van der Waals surface area (Å²) in [5.74, 6) is 0. The Morgan fingerprint density at radius 2 is 1.92 bits per heavy atom. The third-order valence-electron chi connectivity index (χ3n) is 2.55. The van der Waals surface area contributed by atoms with Crippen molar-refractivity contribution in [1.82, 2.24) is 5.32 Å². The summed E-state index contributed by atoms with van der Waals surface area (Å²) in [5, 5.41) is 3.20. The molecule has 1 heterocycles. The number of hydrogen-bond acceptors (Lipinski definition) is 3. The summed E-state index contributed by atoms with van der Waals surface area (Å²) in [6.45, 7) is 1.79. The fourth-order valence-electron chi connectivity index (χ4n) is 1.52. The van der Waals surface area contributed by atoms with Crippen molar-refractivity contribution < 1.29 is 0 Å². The van der Waals surface area contributed by atoms with Crippen LogP contribution in [0.1, 0.15) is 5.56 Å². The number of hydrogen-bond donors (Lipinski definition) is 2. The normalized spacial score (nSPS) is 19.5. The quantitative estimate of drug-likeness (QED) is 0.694. The van der Waals surface area contributed by atoms with Gasteiger partial charge in [-0.2, -0.15) is 0 Å². The van der Waals surface area contributed by atoms with Gasteiger partial charge in [0.25, 0.3) is 0 Å². The Balaban J connectivity index is 2.22. The Kier molecular flexibility index (Phi) is 2.32. The molecule has 2 nitrogen and oxygen atoms in total. The average molecular weight is 194 g/mol. The molecule has 1 fully saturated rings. The predicted octanol–water partition coefficient (Wildman–Crippen LogP) is 1.17. The Labute approximate surface area is 82.9 Å². The lowest BCUT2D eigenvalue weighted by molar-refractivity contribution is 0.287. The molecular weight excluding hydrogens is 180 g/mol. The summed E-state index contributed by atoms with van der Waals surface area (Å²) in [4.78, 5) is 1.29. The molecule has 70 valence electrons. The van der Waals surface area contributed by atoms with Crippen LogP contribution in [0.25, 0.3) is 0 Å². The Morgan fingerprint density at radius 1 is 1.31 bits per heavy atom. The van der Waals surface area contributed by atoms with Crippen LogP contribution in [0, 0.1) is 0 Å². The standard InChI is InChI=1S/C10H14N2S/c1-13-9-4-2-8(3-5-9)10(11)6-12-7-10/h2-5,12H,6-7,11H2,1H3. The molecule has 1 aromatic carbocycles. The number of rotatable bonds is 2. The van der Waals surface area contributed by atoms with Crippen molar-refractivity contribution in [2.75, 3.05) is 19.3 Å². The van der Waals surface area contributed by atoms with Crippen molar-refractivity contribution in [3.63, 3.8) is 0 Å². The minimum atomic E-state index is -0.114. The summed E-state index contributed by atoms with van der Waals surface area (Å²) in [6, 6.07) is 8.53. The molecule has 0 atom stereocenters. The van der Waals surface area contributed by atoms with Gasteiger partial charge in [0.2, 0.25) is 0 Å². The maximum Gasteiger partial charge on any atom is 0.0662 e. The van der Waals surface area contributed by atoms with E-state index in [9.17, 15) is 0 Å². The maximum absolute atomic E-state index is 6.15. The molecule has 0 unspecified atom stereocenters. The van der Waals surface area contributed by atoms with E-state index in [0.29, 0.717) is 0 Å². The molecule has 0 spiro atoms. The second-order valence-corrected chi connectivity index (χ2v) is 4.37. The number of thioether (sulfide) groups is 1. The predicted molar refractivity (Wildman–Crippen MR) is 57.0 cm³/mol. The monoisotopic (exact) mass is 194 g/mol. The second-order valence-electron chi connectivity index (χ2n) is 3.49. The summed E-state index contributed by atoms with van der Waals surface area (Å²) < 4.78 is 0. The highest BCUT2D eigenvalue weighted by molar-refractivity contribution is 7.98. The van der Waals surface area contributed by atoms with Gasteiger partial charge in [0.1, 0.15) is 0 Å². The zero-order valence-electron chi connectivity index (χ0n) is 7.71. The lowest BCUT2D eigenvalue weighted by Crippen LogP contribution is -2.62. The summed E-state index contributed by atoms with van der Waals surface area (Å²) in [5.41, 5.74) is 7.27. The van der Waals surface area contributed by atoms with Crippen molar-refractivity contribution >= 4 is 11.8 Å². The zero-order valence-corrected chi connectivity index (χ0v) is 8.53. The van der Waals surface area contributed by atoms with Crippen LogP contribution in [0.3, 0.4) is 0 Å². The molecule has 0 bridgehead atoms. The summed E-state index contributed by atoms with van der Waals surface area (Å²) in [7, 11) is 0. The van der Waals surface area contributed by atoms with Gasteiger partial charge >= 0.3 is 0 Å². The minimum absolute atomic E-state index is 0.114. The van der Waals surface area contributed by atoms with Crippen LogP contribution >= 0.6 is 11.8 Å². The van der Waals surface area contributed by atoms with E-state index >= 15 is 0 Å². The van der Waals surface area contributed by atoms with Gasteiger partial charge in [-0.3, -0.25) is 0 Å². The molecule has 2 rings (SSSR count). The van der Waals surface area contributed by atoms with Gasteiger partial charge in [0.05, 0.1) is 5.54 Å². The molecule has 0 saturated carbocycles. The largest absolute Gasteiger partial charge is 0.319 e. The molecule has 1 saturated heterocycles. The SMILES string of the molecule is CSc1ccc(C2(N)CNC2)cc1. The van der Waals surface area contributed by atoms with E-state index < -0.39 is 0 Å². The first-order valence-electron chi connectivity index (χ1n) is 4.39. The molecule has 0 amide bonds. The minimum Gasteiger partial charge on any atom is -0.319 e. The molecule has 0 aromatic heterocycles. The number of nitrogens with two attached hydrogens (primary N) is 1. The molecule has 1 aliphatic rings. The second kappa shape index (κ2) is 3.33. The van der Waals surface area contributed by atoms with Gasteiger partial charge < -0.3 is 11.1 Å². The van der Waals surface area contributed by atoms with Gasteiger partial charge in [-0.25, -0.2) is 0 Å². The van der Waals surface area contributed by atoms with E-state index in [-0.39, 0.29) is 5.54 Å². The molecule has 3 heteroatoms. The zero-order chi connectivity index (χ0) is 9.31. The third-order valence-corrected chi connectivity index (χ3v) is 3.29. The highest BCUT2D eigenvalue weighted by Gasteiger charge is 2.33. The van der Waals surface area contributed by atoms with E-state index in [2.05, 4.69) is 35.8 Å². The third kappa shape index (κ3) is 1.59. The first kappa shape index (κ1) is 9.06. The highest BCUT2D eigenvalue weighted by Crippen LogP contribution is 2.24. The van der Waals surface area contributed by atoms with Crippen LogP contribution in [-0.4, -0.2) is 19.3 Å². The van der Waals surface area contributed by atoms with E-state index in [0.717, 1.165) is 13.1 Å². The topological polar surface area (TPSA) is 38.0 Å². The van der Waals surface area contributed by atoms with Crippen LogP contribution in [-0.2, 0) is 5.54 Å². The van der Waals surface area contributed by atoms with Crippen LogP contribution < -0.4 is 11.1 Å². The van der Waals surface area contributed by atoms with Crippen molar-refractivity contribution in [3.8, 4) is 0 Å². The molecule has 3 N–H and O–H groups in total. The maximum atomic E-state index is 6.15. The van der Waals surface area contributed by atoms with Gasteiger partial charge in [0, 0.05) is 18.0 Å². The Hall–Kier alpha value is -0.510. The fourth-order valence-corrected chi connectivity index (χ4v) is 1.93. The van der Waals surface area contributed by atoms with E-state index in [4.69, 9.17) is 5.73 Å². The molecule has 0 radical (unpaired) electrons. The molecule has 1 aliphatic heterocycles. The molecule has 1 aromatic rings. The Morgan fingerprint density at radius 3 is 2.31 bits per heavy atom. The molecular formula is C10H14N2S. The molecule has 0 aliphatic carbocycles. The van der Waals surface area contributed by atoms with Crippen molar-refractivity contribution in [3.05, 3.63) is 29.8 Å². The first-order chi connectivity index (χ1) is 6.24. The highest BCUT2D eigenvalue weighted by atomic mass is 32.2. The first-order valence-corrected chi connectivity index (χ1v) is 5.61. The summed E-state index contributed by atoms with van der Waals surface area (Å²) >= 11 is 1.76. The summed E-state index contributed by atoms with van der Waals surface area (Å²) in [6.07, 6.45) is 2.08. The smallest absolute Gasteiger partial charge is 0.0662 e. The van der Waals surface area contributed by atoms with Crippen LogP contribution in [0.15, 0.2) is 29.2 Å². The fraction of sp³-hybridized carbons (Fsp3) is 0.400. The van der Waals surface area contributed by atoms with E-state index in [1.165, 1.54) is 10.5 Å². The van der Waals surface area contributed by atoms with E-state index in [1.807, 2.05) is 0 Å². The van der Waals surface area contributed by atoms with Gasteiger partial charge in [0.15, 0.2) is 0 Å². The lowest BCUT2D eigenvalue weighted by atomic mass is 9.85. The average Bonchev–Trinajstić information content (AvgIpc) is 2.14. The Bertz CT molecular complexity index is 290. The van der Waals surface area contributed by atoms with Crippen molar-refractivity contribution in [2.45, 2.75) is 10.4 Å². The van der Waals surface area contributed by atoms with Crippen molar-refractivity contribution in [2.24, 2.45) is 5.73 Å². The van der Waals surface area contributed by atoms with Crippen LogP contribution in [0.4, 0.5) is 0 Å². The number of nitrogens with one attached hydrogen (secondary N) is 1.